The van der Waals surface area contributed by atoms with E-state index in [1.807, 2.05) is 0 Å². The average Bonchev–Trinajstić information content (AvgIpc) is 2.35. The molecule has 4 nitrogen and oxygen atoms in total. The number of benzene rings is 1. The lowest BCUT2D eigenvalue weighted by Gasteiger charge is -2.26. The van der Waals surface area contributed by atoms with Crippen LogP contribution < -0.4 is 15.2 Å². The molecule has 0 spiro atoms. The number of aliphatic hydroxyl groups excluding tert-OH is 1. The summed E-state index contributed by atoms with van der Waals surface area (Å²) in [4.78, 5) is 0. The molecule has 3 N–H and O–H groups in total. The number of rotatable bonds is 3. The van der Waals surface area contributed by atoms with Crippen molar-refractivity contribution in [3.05, 3.63) is 23.3 Å². The number of alkyl halides is 1. The summed E-state index contributed by atoms with van der Waals surface area (Å²) in [5.74, 6) is 1.07. The molecule has 0 amide bonds. The number of fused-ring (bicyclic) bond motifs is 1. The number of halogens is 1. The second kappa shape index (κ2) is 4.74. The molecule has 100 valence electrons. The molecule has 0 fully saturated rings. The summed E-state index contributed by atoms with van der Waals surface area (Å²) in [5, 5.41) is 9.16. The van der Waals surface area contributed by atoms with Gasteiger partial charge in [-0.3, -0.25) is 0 Å². The molecule has 0 saturated heterocycles. The van der Waals surface area contributed by atoms with Gasteiger partial charge in [0.25, 0.3) is 0 Å². The third-order valence-electron chi connectivity index (χ3n) is 2.95. The van der Waals surface area contributed by atoms with Gasteiger partial charge in [0.2, 0.25) is 0 Å². The molecule has 18 heavy (non-hydrogen) atoms. The lowest BCUT2D eigenvalue weighted by molar-refractivity contribution is 0.167. The second-order valence-electron chi connectivity index (χ2n) is 4.84. The van der Waals surface area contributed by atoms with E-state index in [2.05, 4.69) is 0 Å². The molecule has 5 heteroatoms. The van der Waals surface area contributed by atoms with Crippen LogP contribution in [0.5, 0.6) is 11.5 Å². The van der Waals surface area contributed by atoms with Crippen LogP contribution in [0.2, 0.25) is 0 Å². The van der Waals surface area contributed by atoms with E-state index in [1.165, 1.54) is 13.8 Å². The molecular formula is C13H18FNO3. The van der Waals surface area contributed by atoms with Gasteiger partial charge in [0, 0.05) is 0 Å². The van der Waals surface area contributed by atoms with Crippen molar-refractivity contribution in [3.8, 4) is 11.5 Å². The van der Waals surface area contributed by atoms with Crippen LogP contribution in [-0.4, -0.2) is 24.9 Å². The first-order valence-electron chi connectivity index (χ1n) is 5.93. The van der Waals surface area contributed by atoms with Gasteiger partial charge in [-0.05, 0) is 37.1 Å². The highest BCUT2D eigenvalue weighted by Crippen LogP contribution is 2.40. The predicted molar refractivity (Wildman–Crippen MR) is 65.6 cm³/mol. The van der Waals surface area contributed by atoms with Gasteiger partial charge in [0.15, 0.2) is 11.5 Å². The quantitative estimate of drug-likeness (QED) is 0.862. The maximum absolute atomic E-state index is 14.2. The van der Waals surface area contributed by atoms with Crippen LogP contribution in [0, 0.1) is 0 Å². The van der Waals surface area contributed by atoms with Crippen LogP contribution in [0.3, 0.4) is 0 Å². The molecule has 1 aromatic carbocycles. The van der Waals surface area contributed by atoms with E-state index >= 15 is 0 Å². The molecular weight excluding hydrogens is 237 g/mol. The lowest BCUT2D eigenvalue weighted by Crippen LogP contribution is -2.23. The molecule has 1 unspecified atom stereocenters. The zero-order chi connectivity index (χ0) is 13.3. The summed E-state index contributed by atoms with van der Waals surface area (Å²) in [5.41, 5.74) is 5.23. The zero-order valence-corrected chi connectivity index (χ0v) is 10.6. The largest absolute Gasteiger partial charge is 0.486 e. The van der Waals surface area contributed by atoms with Crippen molar-refractivity contribution < 1.29 is 19.0 Å². The summed E-state index contributed by atoms with van der Waals surface area (Å²) < 4.78 is 25.1. The predicted octanol–water partition coefficient (Wildman–Crippen LogP) is 1.65. The van der Waals surface area contributed by atoms with Gasteiger partial charge in [0.1, 0.15) is 18.9 Å². The number of hydrogen-bond acceptors (Lipinski definition) is 4. The van der Waals surface area contributed by atoms with Crippen molar-refractivity contribution >= 4 is 0 Å². The molecule has 1 atom stereocenters. The third-order valence-corrected chi connectivity index (χ3v) is 2.95. The maximum Gasteiger partial charge on any atom is 0.161 e. The average molecular weight is 255 g/mol. The molecule has 0 bridgehead atoms. The zero-order valence-electron chi connectivity index (χ0n) is 10.6. The molecule has 0 aliphatic carbocycles. The van der Waals surface area contributed by atoms with E-state index < -0.39 is 11.7 Å². The fourth-order valence-electron chi connectivity index (χ4n) is 2.02. The van der Waals surface area contributed by atoms with E-state index in [0.29, 0.717) is 35.8 Å². The van der Waals surface area contributed by atoms with Crippen LogP contribution in [0.25, 0.3) is 0 Å². The van der Waals surface area contributed by atoms with E-state index in [4.69, 9.17) is 20.3 Å². The topological polar surface area (TPSA) is 64.7 Å². The van der Waals surface area contributed by atoms with Crippen LogP contribution in [0.4, 0.5) is 4.39 Å². The van der Waals surface area contributed by atoms with Crippen molar-refractivity contribution in [3.63, 3.8) is 0 Å². The Morgan fingerprint density at radius 2 is 1.89 bits per heavy atom. The highest BCUT2D eigenvalue weighted by Gasteiger charge is 2.28. The van der Waals surface area contributed by atoms with Crippen molar-refractivity contribution in [1.82, 2.24) is 0 Å². The van der Waals surface area contributed by atoms with E-state index in [0.717, 1.165) is 0 Å². The van der Waals surface area contributed by atoms with Crippen molar-refractivity contribution in [2.45, 2.75) is 25.6 Å². The minimum Gasteiger partial charge on any atom is -0.486 e. The Kier molecular flexibility index (Phi) is 3.45. The van der Waals surface area contributed by atoms with Gasteiger partial charge < -0.3 is 20.3 Å². The number of hydrogen-bond donors (Lipinski definition) is 2. The normalized spacial score (nSPS) is 16.5. The SMILES string of the molecule is CC(C)(F)c1cc2c(cc1C(N)CO)OCCO2. The molecule has 1 aliphatic heterocycles. The van der Waals surface area contributed by atoms with E-state index in [-0.39, 0.29) is 6.61 Å². The first-order valence-corrected chi connectivity index (χ1v) is 5.93. The molecule has 0 saturated carbocycles. The van der Waals surface area contributed by atoms with Crippen LogP contribution >= 0.6 is 0 Å². The second-order valence-corrected chi connectivity index (χ2v) is 4.84. The lowest BCUT2D eigenvalue weighted by atomic mass is 9.90. The summed E-state index contributed by atoms with van der Waals surface area (Å²) in [7, 11) is 0. The third kappa shape index (κ3) is 2.42. The summed E-state index contributed by atoms with van der Waals surface area (Å²) in [6.07, 6.45) is 0. The smallest absolute Gasteiger partial charge is 0.161 e. The molecule has 0 aromatic heterocycles. The van der Waals surface area contributed by atoms with Crippen LogP contribution in [-0.2, 0) is 5.67 Å². The molecule has 1 heterocycles. The first kappa shape index (κ1) is 13.1. The number of aliphatic hydroxyl groups is 1. The monoisotopic (exact) mass is 255 g/mol. The molecule has 1 aromatic rings. The van der Waals surface area contributed by atoms with Crippen molar-refractivity contribution in [2.24, 2.45) is 5.73 Å². The number of nitrogens with two attached hydrogens (primary N) is 1. The molecule has 1 aliphatic rings. The van der Waals surface area contributed by atoms with Gasteiger partial charge in [0.05, 0.1) is 12.6 Å². The molecule has 2 rings (SSSR count). The van der Waals surface area contributed by atoms with Crippen molar-refractivity contribution in [2.75, 3.05) is 19.8 Å². The standard InChI is InChI=1S/C13H18FNO3/c1-13(2,14)9-6-12-11(17-3-4-18-12)5-8(9)10(15)7-16/h5-6,10,16H,3-4,7,15H2,1-2H3. The number of ether oxygens (including phenoxy) is 2. The van der Waals surface area contributed by atoms with Crippen LogP contribution in [0.1, 0.15) is 31.0 Å². The fraction of sp³-hybridized carbons (Fsp3) is 0.538. The minimum atomic E-state index is -1.56. The Bertz CT molecular complexity index is 443. The van der Waals surface area contributed by atoms with Crippen LogP contribution in [0.15, 0.2) is 12.1 Å². The highest BCUT2D eigenvalue weighted by molar-refractivity contribution is 5.50. The fourth-order valence-corrected chi connectivity index (χ4v) is 2.02. The highest BCUT2D eigenvalue weighted by atomic mass is 19.1. The first-order chi connectivity index (χ1) is 8.43. The van der Waals surface area contributed by atoms with Gasteiger partial charge in [-0.1, -0.05) is 0 Å². The Labute approximate surface area is 106 Å². The maximum atomic E-state index is 14.2. The van der Waals surface area contributed by atoms with Gasteiger partial charge in [-0.15, -0.1) is 0 Å². The van der Waals surface area contributed by atoms with E-state index in [1.54, 1.807) is 12.1 Å². The Balaban J connectivity index is 2.54. The minimum absolute atomic E-state index is 0.247. The summed E-state index contributed by atoms with van der Waals surface area (Å²) in [6.45, 7) is 3.56. The van der Waals surface area contributed by atoms with Gasteiger partial charge in [-0.25, -0.2) is 4.39 Å². The van der Waals surface area contributed by atoms with E-state index in [9.17, 15) is 4.39 Å². The Hall–Kier alpha value is -1.33. The molecule has 0 radical (unpaired) electrons. The van der Waals surface area contributed by atoms with Gasteiger partial charge in [-0.2, -0.15) is 0 Å². The summed E-state index contributed by atoms with van der Waals surface area (Å²) in [6, 6.07) is 2.64. The Morgan fingerprint density at radius 3 is 2.39 bits per heavy atom. The Morgan fingerprint density at radius 1 is 1.33 bits per heavy atom. The summed E-state index contributed by atoms with van der Waals surface area (Å²) >= 11 is 0. The van der Waals surface area contributed by atoms with Crippen molar-refractivity contribution in [1.29, 1.82) is 0 Å². The van der Waals surface area contributed by atoms with Gasteiger partial charge >= 0.3 is 0 Å².